The maximum absolute atomic E-state index is 12.1. The molecule has 0 saturated heterocycles. The van der Waals surface area contributed by atoms with Crippen molar-refractivity contribution in [2.24, 2.45) is 0 Å². The van der Waals surface area contributed by atoms with E-state index < -0.39 is 5.91 Å². The molecule has 7 heteroatoms. The van der Waals surface area contributed by atoms with E-state index in [0.29, 0.717) is 11.4 Å². The summed E-state index contributed by atoms with van der Waals surface area (Å²) in [7, 11) is 1.47. The van der Waals surface area contributed by atoms with Gasteiger partial charge in [0.25, 0.3) is 5.91 Å². The van der Waals surface area contributed by atoms with Gasteiger partial charge in [0, 0.05) is 11.6 Å². The van der Waals surface area contributed by atoms with Crippen molar-refractivity contribution in [3.05, 3.63) is 54.5 Å². The lowest BCUT2D eigenvalue weighted by Gasteiger charge is -2.02. The van der Waals surface area contributed by atoms with Crippen LogP contribution in [0.2, 0.25) is 0 Å². The zero-order valence-corrected chi connectivity index (χ0v) is 11.7. The van der Waals surface area contributed by atoms with Gasteiger partial charge in [-0.2, -0.15) is 0 Å². The molecule has 0 aliphatic heterocycles. The van der Waals surface area contributed by atoms with E-state index in [0.717, 1.165) is 5.56 Å². The molecule has 0 aliphatic rings. The van der Waals surface area contributed by atoms with E-state index in [-0.39, 0.29) is 11.7 Å². The molecule has 1 N–H and O–H groups in total. The number of benzene rings is 1. The predicted molar refractivity (Wildman–Crippen MR) is 78.5 cm³/mol. The molecule has 0 radical (unpaired) electrons. The summed E-state index contributed by atoms with van der Waals surface area (Å²) in [5.74, 6) is 0.122. The number of aromatic nitrogens is 3. The zero-order chi connectivity index (χ0) is 15.4. The van der Waals surface area contributed by atoms with Gasteiger partial charge in [0.05, 0.1) is 25.2 Å². The van der Waals surface area contributed by atoms with Crippen molar-refractivity contribution in [2.45, 2.75) is 0 Å². The van der Waals surface area contributed by atoms with Crippen molar-refractivity contribution in [3.8, 4) is 17.3 Å². The number of anilines is 1. The van der Waals surface area contributed by atoms with Gasteiger partial charge in [-0.25, -0.2) is 9.97 Å². The number of amides is 1. The molecule has 1 amide bonds. The molecular formula is C15H12N4O3. The summed E-state index contributed by atoms with van der Waals surface area (Å²) in [5.41, 5.74) is 1.46. The third kappa shape index (κ3) is 2.93. The molecule has 0 aliphatic carbocycles. The van der Waals surface area contributed by atoms with Crippen LogP contribution in [-0.2, 0) is 0 Å². The number of nitrogens with zero attached hydrogens (tertiary/aromatic N) is 3. The first-order valence-corrected chi connectivity index (χ1v) is 6.46. The Bertz CT molecular complexity index is 769. The summed E-state index contributed by atoms with van der Waals surface area (Å²) in [5, 5.41) is 6.40. The van der Waals surface area contributed by atoms with Gasteiger partial charge in [0.2, 0.25) is 0 Å². The van der Waals surface area contributed by atoms with Gasteiger partial charge in [0.15, 0.2) is 11.5 Å². The maximum atomic E-state index is 12.1. The number of hydrogen-bond acceptors (Lipinski definition) is 6. The Labute approximate surface area is 126 Å². The summed E-state index contributed by atoms with van der Waals surface area (Å²) in [6.07, 6.45) is 2.89. The van der Waals surface area contributed by atoms with Crippen molar-refractivity contribution in [3.63, 3.8) is 0 Å². The molecule has 0 bridgehead atoms. The van der Waals surface area contributed by atoms with Crippen LogP contribution in [-0.4, -0.2) is 28.1 Å². The molecule has 7 nitrogen and oxygen atoms in total. The number of rotatable bonds is 4. The average molecular weight is 296 g/mol. The van der Waals surface area contributed by atoms with Crippen LogP contribution in [0.3, 0.4) is 0 Å². The normalized spacial score (nSPS) is 10.2. The van der Waals surface area contributed by atoms with E-state index in [4.69, 9.17) is 9.26 Å². The van der Waals surface area contributed by atoms with E-state index >= 15 is 0 Å². The monoisotopic (exact) mass is 296 g/mol. The van der Waals surface area contributed by atoms with Gasteiger partial charge >= 0.3 is 6.01 Å². The fourth-order valence-corrected chi connectivity index (χ4v) is 1.80. The summed E-state index contributed by atoms with van der Waals surface area (Å²) >= 11 is 0. The Morgan fingerprint density at radius 1 is 1.18 bits per heavy atom. The molecule has 2 heterocycles. The standard InChI is InChI=1S/C15H12N4O3/c1-21-15-16-8-11(9-17-15)18-14(20)12-7-13(22-19-12)10-5-3-2-4-6-10/h2-9H,1H3,(H,18,20). The quantitative estimate of drug-likeness (QED) is 0.795. The first-order chi connectivity index (χ1) is 10.8. The number of nitrogens with one attached hydrogen (secondary N) is 1. The molecule has 1 aromatic carbocycles. The number of hydrogen-bond donors (Lipinski definition) is 1. The van der Waals surface area contributed by atoms with Gasteiger partial charge < -0.3 is 14.6 Å². The lowest BCUT2D eigenvalue weighted by molar-refractivity contribution is 0.101. The van der Waals surface area contributed by atoms with E-state index in [1.165, 1.54) is 19.5 Å². The third-order valence-corrected chi connectivity index (χ3v) is 2.87. The number of carbonyl (C=O) groups is 1. The van der Waals surface area contributed by atoms with Crippen LogP contribution >= 0.6 is 0 Å². The van der Waals surface area contributed by atoms with E-state index in [9.17, 15) is 4.79 Å². The van der Waals surface area contributed by atoms with Crippen molar-refractivity contribution >= 4 is 11.6 Å². The second-order valence-corrected chi connectivity index (χ2v) is 4.35. The van der Waals surface area contributed by atoms with E-state index in [1.54, 1.807) is 6.07 Å². The van der Waals surface area contributed by atoms with Crippen LogP contribution in [0.25, 0.3) is 11.3 Å². The Hall–Kier alpha value is -3.22. The van der Waals surface area contributed by atoms with Crippen LogP contribution in [0, 0.1) is 0 Å². The van der Waals surface area contributed by atoms with Crippen molar-refractivity contribution in [1.82, 2.24) is 15.1 Å². The Morgan fingerprint density at radius 2 is 1.91 bits per heavy atom. The van der Waals surface area contributed by atoms with Crippen LogP contribution in [0.5, 0.6) is 6.01 Å². The van der Waals surface area contributed by atoms with Crippen LogP contribution in [0.4, 0.5) is 5.69 Å². The average Bonchev–Trinajstić information content (AvgIpc) is 3.06. The van der Waals surface area contributed by atoms with Gasteiger partial charge in [0.1, 0.15) is 0 Å². The first-order valence-electron chi connectivity index (χ1n) is 6.46. The van der Waals surface area contributed by atoms with E-state index in [1.807, 2.05) is 30.3 Å². The van der Waals surface area contributed by atoms with Crippen molar-refractivity contribution in [2.75, 3.05) is 12.4 Å². The minimum absolute atomic E-state index is 0.176. The molecule has 0 fully saturated rings. The Kier molecular flexibility index (Phi) is 3.78. The molecule has 0 spiro atoms. The van der Waals surface area contributed by atoms with Gasteiger partial charge in [-0.3, -0.25) is 4.79 Å². The minimum Gasteiger partial charge on any atom is -0.467 e. The second kappa shape index (κ2) is 6.04. The molecular weight excluding hydrogens is 284 g/mol. The largest absolute Gasteiger partial charge is 0.467 e. The minimum atomic E-state index is -0.403. The van der Waals surface area contributed by atoms with Gasteiger partial charge in [-0.15, -0.1) is 0 Å². The highest BCUT2D eigenvalue weighted by Gasteiger charge is 2.14. The molecule has 3 rings (SSSR count). The summed E-state index contributed by atoms with van der Waals surface area (Å²) in [4.78, 5) is 19.9. The summed E-state index contributed by atoms with van der Waals surface area (Å²) < 4.78 is 10.0. The molecule has 0 saturated carbocycles. The first kappa shape index (κ1) is 13.7. The molecule has 110 valence electrons. The molecule has 0 atom stereocenters. The Balaban J connectivity index is 1.74. The van der Waals surface area contributed by atoms with Gasteiger partial charge in [-0.1, -0.05) is 35.5 Å². The fraction of sp³-hybridized carbons (Fsp3) is 0.0667. The van der Waals surface area contributed by atoms with Crippen LogP contribution < -0.4 is 10.1 Å². The molecule has 0 unspecified atom stereocenters. The lowest BCUT2D eigenvalue weighted by atomic mass is 10.1. The Morgan fingerprint density at radius 3 is 2.59 bits per heavy atom. The van der Waals surface area contributed by atoms with E-state index in [2.05, 4.69) is 20.4 Å². The predicted octanol–water partition coefficient (Wildman–Crippen LogP) is 2.39. The number of carbonyl (C=O) groups excluding carboxylic acids is 1. The lowest BCUT2D eigenvalue weighted by Crippen LogP contribution is -2.12. The molecule has 3 aromatic rings. The number of methoxy groups -OCH3 is 1. The molecule has 2 aromatic heterocycles. The van der Waals surface area contributed by atoms with Gasteiger partial charge in [-0.05, 0) is 0 Å². The van der Waals surface area contributed by atoms with Crippen LogP contribution in [0.15, 0.2) is 53.3 Å². The smallest absolute Gasteiger partial charge is 0.316 e. The maximum Gasteiger partial charge on any atom is 0.316 e. The number of ether oxygens (including phenoxy) is 1. The second-order valence-electron chi connectivity index (χ2n) is 4.35. The fourth-order valence-electron chi connectivity index (χ4n) is 1.80. The van der Waals surface area contributed by atoms with Crippen molar-refractivity contribution in [1.29, 1.82) is 0 Å². The van der Waals surface area contributed by atoms with Crippen LogP contribution in [0.1, 0.15) is 10.5 Å². The third-order valence-electron chi connectivity index (χ3n) is 2.87. The van der Waals surface area contributed by atoms with Crippen molar-refractivity contribution < 1.29 is 14.1 Å². The zero-order valence-electron chi connectivity index (χ0n) is 11.7. The summed E-state index contributed by atoms with van der Waals surface area (Å²) in [6.45, 7) is 0. The molecule has 22 heavy (non-hydrogen) atoms. The highest BCUT2D eigenvalue weighted by molar-refractivity contribution is 6.03. The topological polar surface area (TPSA) is 90.1 Å². The highest BCUT2D eigenvalue weighted by atomic mass is 16.5. The highest BCUT2D eigenvalue weighted by Crippen LogP contribution is 2.20. The SMILES string of the molecule is COc1ncc(NC(=O)c2cc(-c3ccccc3)on2)cn1. The summed E-state index contributed by atoms with van der Waals surface area (Å²) in [6, 6.07) is 11.2.